The van der Waals surface area contributed by atoms with Crippen LogP contribution in [-0.2, 0) is 6.54 Å². The Morgan fingerprint density at radius 1 is 1.23 bits per heavy atom. The van der Waals surface area contributed by atoms with E-state index in [4.69, 9.17) is 0 Å². The van der Waals surface area contributed by atoms with Crippen LogP contribution in [0.2, 0.25) is 0 Å². The second kappa shape index (κ2) is 10.9. The van der Waals surface area contributed by atoms with Crippen LogP contribution in [0, 0.1) is 11.6 Å². The van der Waals surface area contributed by atoms with Gasteiger partial charge in [-0.3, -0.25) is 4.99 Å². The van der Waals surface area contributed by atoms with E-state index in [1.807, 2.05) is 40.6 Å². The van der Waals surface area contributed by atoms with E-state index in [0.29, 0.717) is 31.3 Å². The first kappa shape index (κ1) is 23.4. The number of halogens is 3. The molecule has 164 valence electrons. The minimum Gasteiger partial charge on any atom is -0.367 e. The average Bonchev–Trinajstić information content (AvgIpc) is 3.41. The number of rotatable bonds is 5. The Labute approximate surface area is 201 Å². The van der Waals surface area contributed by atoms with Crippen molar-refractivity contribution in [1.29, 1.82) is 0 Å². The first-order valence-corrected chi connectivity index (χ1v) is 10.7. The van der Waals surface area contributed by atoms with E-state index in [-0.39, 0.29) is 30.0 Å². The summed E-state index contributed by atoms with van der Waals surface area (Å²) in [7, 11) is 1.72. The first-order chi connectivity index (χ1) is 14.6. The fraction of sp³-hybridized carbons (Fsp3) is 0.273. The summed E-state index contributed by atoms with van der Waals surface area (Å²) >= 11 is 1.61. The van der Waals surface area contributed by atoms with E-state index in [1.165, 1.54) is 12.1 Å². The molecular weight excluding hydrogens is 531 g/mol. The highest BCUT2D eigenvalue weighted by Crippen LogP contribution is 2.25. The van der Waals surface area contributed by atoms with Crippen LogP contribution in [0.3, 0.4) is 0 Å². The lowest BCUT2D eigenvalue weighted by atomic mass is 10.2. The summed E-state index contributed by atoms with van der Waals surface area (Å²) < 4.78 is 27.2. The first-order valence-electron chi connectivity index (χ1n) is 9.79. The van der Waals surface area contributed by atoms with Crippen molar-refractivity contribution in [3.63, 3.8) is 0 Å². The lowest BCUT2D eigenvalue weighted by Crippen LogP contribution is -2.44. The Morgan fingerprint density at radius 2 is 2.03 bits per heavy atom. The van der Waals surface area contributed by atoms with Crippen LogP contribution >= 0.6 is 35.3 Å². The quantitative estimate of drug-likeness (QED) is 0.274. The molecule has 2 N–H and O–H groups in total. The van der Waals surface area contributed by atoms with Gasteiger partial charge in [-0.05, 0) is 18.6 Å². The van der Waals surface area contributed by atoms with Gasteiger partial charge in [0.2, 0.25) is 0 Å². The van der Waals surface area contributed by atoms with Gasteiger partial charge in [0.25, 0.3) is 0 Å². The van der Waals surface area contributed by atoms with Gasteiger partial charge in [-0.1, -0.05) is 30.3 Å². The molecule has 1 aliphatic rings. The Bertz CT molecular complexity index is 1030. The fourth-order valence-electron chi connectivity index (χ4n) is 3.50. The Kier molecular flexibility index (Phi) is 8.19. The number of guanidine groups is 1. The SMILES string of the molecule is CN=C(NCc1csc(-c2ccccc2)n1)NC1CCN(c2ccc(F)cc2F)C1.I. The summed E-state index contributed by atoms with van der Waals surface area (Å²) in [6.07, 6.45) is 0.840. The third-order valence-corrected chi connectivity index (χ3v) is 5.95. The zero-order valence-corrected chi connectivity index (χ0v) is 20.2. The number of thiazole rings is 1. The van der Waals surface area contributed by atoms with Gasteiger partial charge in [-0.15, -0.1) is 35.3 Å². The zero-order chi connectivity index (χ0) is 20.9. The molecule has 0 amide bonds. The molecule has 1 atom stereocenters. The molecule has 0 aliphatic carbocycles. The summed E-state index contributed by atoms with van der Waals surface area (Å²) in [5.41, 5.74) is 2.48. The Morgan fingerprint density at radius 3 is 2.77 bits per heavy atom. The molecule has 5 nitrogen and oxygen atoms in total. The largest absolute Gasteiger partial charge is 0.367 e. The minimum atomic E-state index is -0.563. The van der Waals surface area contributed by atoms with Crippen LogP contribution in [0.4, 0.5) is 14.5 Å². The average molecular weight is 555 g/mol. The number of benzene rings is 2. The Hall–Kier alpha value is -2.27. The number of hydrogen-bond donors (Lipinski definition) is 2. The maximum Gasteiger partial charge on any atom is 0.191 e. The molecule has 1 unspecified atom stereocenters. The summed E-state index contributed by atoms with van der Waals surface area (Å²) in [5, 5.41) is 9.70. The number of nitrogens with zero attached hydrogens (tertiary/aromatic N) is 3. The predicted octanol–water partition coefficient (Wildman–Crippen LogP) is 4.65. The highest BCUT2D eigenvalue weighted by atomic mass is 127. The van der Waals surface area contributed by atoms with Crippen LogP contribution in [0.1, 0.15) is 12.1 Å². The lowest BCUT2D eigenvalue weighted by Gasteiger charge is -2.20. The molecule has 9 heteroatoms. The van der Waals surface area contributed by atoms with Crippen molar-refractivity contribution in [2.45, 2.75) is 19.0 Å². The third-order valence-electron chi connectivity index (χ3n) is 5.01. The maximum atomic E-state index is 14.0. The molecule has 3 aromatic rings. The predicted molar refractivity (Wildman–Crippen MR) is 133 cm³/mol. The topological polar surface area (TPSA) is 52.6 Å². The molecule has 1 fully saturated rings. The van der Waals surface area contributed by atoms with Gasteiger partial charge in [-0.25, -0.2) is 13.8 Å². The van der Waals surface area contributed by atoms with Crippen molar-refractivity contribution < 1.29 is 8.78 Å². The summed E-state index contributed by atoms with van der Waals surface area (Å²) in [4.78, 5) is 10.9. The lowest BCUT2D eigenvalue weighted by molar-refractivity contribution is 0.580. The van der Waals surface area contributed by atoms with Crippen molar-refractivity contribution >= 4 is 47.0 Å². The van der Waals surface area contributed by atoms with E-state index in [9.17, 15) is 8.78 Å². The van der Waals surface area contributed by atoms with Crippen molar-refractivity contribution in [2.75, 3.05) is 25.0 Å². The molecule has 1 aromatic heterocycles. The maximum absolute atomic E-state index is 14.0. The number of aromatic nitrogens is 1. The molecule has 4 rings (SSSR count). The van der Waals surface area contributed by atoms with Gasteiger partial charge in [0.05, 0.1) is 17.9 Å². The molecule has 0 spiro atoms. The van der Waals surface area contributed by atoms with E-state index in [2.05, 4.69) is 20.6 Å². The van der Waals surface area contributed by atoms with Crippen LogP contribution in [0.25, 0.3) is 10.6 Å². The number of aliphatic imine (C=N–C) groups is 1. The van der Waals surface area contributed by atoms with Gasteiger partial charge in [0.1, 0.15) is 16.6 Å². The van der Waals surface area contributed by atoms with Gasteiger partial charge >= 0.3 is 0 Å². The Balaban J connectivity index is 0.00000272. The van der Waals surface area contributed by atoms with Crippen LogP contribution in [0.5, 0.6) is 0 Å². The summed E-state index contributed by atoms with van der Waals surface area (Å²) in [5.74, 6) is -0.418. The van der Waals surface area contributed by atoms with Gasteiger partial charge in [-0.2, -0.15) is 0 Å². The number of nitrogens with one attached hydrogen (secondary N) is 2. The molecule has 1 saturated heterocycles. The highest BCUT2D eigenvalue weighted by molar-refractivity contribution is 14.0. The standard InChI is InChI=1S/C22H23F2N5S.HI/c1-25-22(26-12-18-14-30-21(27-18)15-5-3-2-4-6-15)28-17-9-10-29(13-17)20-8-7-16(23)11-19(20)24;/h2-8,11,14,17H,9-10,12-13H2,1H3,(H2,25,26,28);1H. The second-order valence-electron chi connectivity index (χ2n) is 7.11. The molecule has 2 heterocycles. The molecular formula is C22H24F2IN5S. The van der Waals surface area contributed by atoms with E-state index >= 15 is 0 Å². The highest BCUT2D eigenvalue weighted by Gasteiger charge is 2.25. The molecule has 2 aromatic carbocycles. The summed E-state index contributed by atoms with van der Waals surface area (Å²) in [6.45, 7) is 1.88. The van der Waals surface area contributed by atoms with Gasteiger partial charge < -0.3 is 15.5 Å². The van der Waals surface area contributed by atoms with Gasteiger partial charge in [0, 0.05) is 43.2 Å². The van der Waals surface area contributed by atoms with Crippen molar-refractivity contribution in [3.8, 4) is 10.6 Å². The van der Waals surface area contributed by atoms with Crippen molar-refractivity contribution in [3.05, 3.63) is 71.2 Å². The zero-order valence-electron chi connectivity index (χ0n) is 17.0. The van der Waals surface area contributed by atoms with Gasteiger partial charge in [0.15, 0.2) is 5.96 Å². The van der Waals surface area contributed by atoms with Crippen LogP contribution in [-0.4, -0.2) is 37.1 Å². The van der Waals surface area contributed by atoms with Crippen molar-refractivity contribution in [2.24, 2.45) is 4.99 Å². The van der Waals surface area contributed by atoms with E-state index in [0.717, 1.165) is 28.8 Å². The third kappa shape index (κ3) is 5.91. The normalized spacial score (nSPS) is 16.2. The fourth-order valence-corrected chi connectivity index (χ4v) is 4.32. The molecule has 0 radical (unpaired) electrons. The van der Waals surface area contributed by atoms with E-state index in [1.54, 1.807) is 18.4 Å². The minimum absolute atomic E-state index is 0. The molecule has 0 saturated carbocycles. The number of hydrogen-bond acceptors (Lipinski definition) is 4. The second-order valence-corrected chi connectivity index (χ2v) is 7.97. The number of anilines is 1. The summed E-state index contributed by atoms with van der Waals surface area (Å²) in [6, 6.07) is 13.9. The van der Waals surface area contributed by atoms with E-state index < -0.39 is 11.6 Å². The van der Waals surface area contributed by atoms with Crippen LogP contribution < -0.4 is 15.5 Å². The molecule has 1 aliphatic heterocycles. The smallest absolute Gasteiger partial charge is 0.191 e. The van der Waals surface area contributed by atoms with Crippen LogP contribution in [0.15, 0.2) is 58.9 Å². The monoisotopic (exact) mass is 555 g/mol. The molecule has 0 bridgehead atoms. The molecule has 31 heavy (non-hydrogen) atoms. The van der Waals surface area contributed by atoms with Crippen molar-refractivity contribution in [1.82, 2.24) is 15.6 Å².